The van der Waals surface area contributed by atoms with Gasteiger partial charge in [-0.25, -0.2) is 4.79 Å². The average molecular weight is 552 g/mol. The molecule has 220 valence electrons. The van der Waals surface area contributed by atoms with Gasteiger partial charge in [-0.1, -0.05) is 19.1 Å². The number of hydrogen-bond acceptors (Lipinski definition) is 10. The summed E-state index contributed by atoms with van der Waals surface area (Å²) in [6.45, 7) is 4.03. The molecule has 3 amide bonds. The first kappa shape index (κ1) is 32.4. The quantitative estimate of drug-likeness (QED) is 0.0699. The van der Waals surface area contributed by atoms with Gasteiger partial charge in [0.25, 0.3) is 0 Å². The van der Waals surface area contributed by atoms with Crippen molar-refractivity contribution in [3.63, 3.8) is 0 Å². The lowest BCUT2D eigenvalue weighted by atomic mass is 10.0. The van der Waals surface area contributed by atoms with Crippen molar-refractivity contribution >= 4 is 17.9 Å². The Morgan fingerprint density at radius 2 is 1.90 bits per heavy atom. The summed E-state index contributed by atoms with van der Waals surface area (Å²) in [6.07, 6.45) is -1.17. The van der Waals surface area contributed by atoms with Gasteiger partial charge in [-0.15, -0.1) is 0 Å². The van der Waals surface area contributed by atoms with Crippen molar-refractivity contribution in [2.24, 2.45) is 11.7 Å². The number of rotatable bonds is 17. The molecule has 0 aromatic heterocycles. The molecule has 0 bridgehead atoms. The monoisotopic (exact) mass is 551 g/mol. The van der Waals surface area contributed by atoms with Gasteiger partial charge in [0.15, 0.2) is 6.29 Å². The SMILES string of the molecule is C[C@H](Cc1cccc(OC(=O)N(C)CCNC(=O)[C@H](CCCNC2NC2N)NC(=O)CC(O)O)c1)CN(C)C. The summed E-state index contributed by atoms with van der Waals surface area (Å²) in [5.74, 6) is -0.180. The van der Waals surface area contributed by atoms with Gasteiger partial charge < -0.3 is 41.1 Å². The van der Waals surface area contributed by atoms with E-state index in [1.54, 1.807) is 13.1 Å². The van der Waals surface area contributed by atoms with E-state index in [2.05, 4.69) is 33.1 Å². The minimum Gasteiger partial charge on any atom is -0.410 e. The maximum atomic E-state index is 12.8. The summed E-state index contributed by atoms with van der Waals surface area (Å²) < 4.78 is 5.51. The number of likely N-dealkylation sites (N-methyl/N-ethyl adjacent to an activating group) is 1. The molecule has 0 radical (unpaired) electrons. The van der Waals surface area contributed by atoms with E-state index >= 15 is 0 Å². The molecule has 1 aliphatic rings. The van der Waals surface area contributed by atoms with Crippen LogP contribution in [0.1, 0.15) is 31.7 Å². The normalized spacial score (nSPS) is 18.0. The molecule has 4 atom stereocenters. The zero-order chi connectivity index (χ0) is 28.9. The minimum atomic E-state index is -1.81. The molecule has 13 nitrogen and oxygen atoms in total. The summed E-state index contributed by atoms with van der Waals surface area (Å²) in [5, 5.41) is 29.5. The van der Waals surface area contributed by atoms with Crippen LogP contribution < -0.4 is 31.7 Å². The van der Waals surface area contributed by atoms with E-state index in [-0.39, 0.29) is 25.4 Å². The van der Waals surface area contributed by atoms with Crippen molar-refractivity contribution in [3.8, 4) is 5.75 Å². The van der Waals surface area contributed by atoms with E-state index in [0.29, 0.717) is 31.1 Å². The maximum absolute atomic E-state index is 12.8. The lowest BCUT2D eigenvalue weighted by molar-refractivity contribution is -0.134. The molecule has 1 fully saturated rings. The Hall–Kier alpha value is -2.81. The third-order valence-electron chi connectivity index (χ3n) is 6.10. The number of carbonyl (C=O) groups excluding carboxylic acids is 3. The highest BCUT2D eigenvalue weighted by Crippen LogP contribution is 2.17. The number of nitrogens with two attached hydrogens (primary N) is 1. The molecule has 0 saturated carbocycles. The fourth-order valence-corrected chi connectivity index (χ4v) is 4.16. The van der Waals surface area contributed by atoms with Crippen molar-refractivity contribution in [2.75, 3.05) is 47.3 Å². The first-order valence-corrected chi connectivity index (χ1v) is 13.3. The van der Waals surface area contributed by atoms with Crippen LogP contribution in [0.5, 0.6) is 5.75 Å². The van der Waals surface area contributed by atoms with Gasteiger partial charge in [0.05, 0.1) is 18.8 Å². The average Bonchev–Trinajstić information content (AvgIpc) is 3.54. The minimum absolute atomic E-state index is 0.0424. The summed E-state index contributed by atoms with van der Waals surface area (Å²) in [4.78, 5) is 40.8. The van der Waals surface area contributed by atoms with E-state index < -0.39 is 36.7 Å². The topological polar surface area (TPSA) is 191 Å². The summed E-state index contributed by atoms with van der Waals surface area (Å²) in [7, 11) is 5.64. The van der Waals surface area contributed by atoms with Crippen molar-refractivity contribution in [2.45, 2.75) is 57.3 Å². The standard InChI is InChI=1S/C26H45N7O6/c1-17(16-32(2)3)13-18-7-5-8-19(14-18)39-26(38)33(4)12-11-29-25(37)20(30-21(34)15-22(35)36)9-6-10-28-24-23(27)31-24/h5,7-8,14,17,20,22-24,28,31,35-36H,6,9-13,15-16,27H2,1-4H3,(H,29,37)(H,30,34)/t17-,20+,23?,24?/m1/s1. The van der Waals surface area contributed by atoms with Gasteiger partial charge in [0, 0.05) is 26.7 Å². The fraction of sp³-hybridized carbons (Fsp3) is 0.654. The lowest BCUT2D eigenvalue weighted by Crippen LogP contribution is -2.49. The summed E-state index contributed by atoms with van der Waals surface area (Å²) >= 11 is 0. The Kier molecular flexibility index (Phi) is 13.6. The predicted octanol–water partition coefficient (Wildman–Crippen LogP) is -1.26. The molecule has 1 heterocycles. The molecule has 8 N–H and O–H groups in total. The van der Waals surface area contributed by atoms with Crippen LogP contribution in [0.4, 0.5) is 4.79 Å². The van der Waals surface area contributed by atoms with E-state index in [0.717, 1.165) is 18.5 Å². The van der Waals surface area contributed by atoms with Crippen LogP contribution in [0.3, 0.4) is 0 Å². The van der Waals surface area contributed by atoms with E-state index in [9.17, 15) is 14.4 Å². The van der Waals surface area contributed by atoms with Crippen molar-refractivity contribution in [3.05, 3.63) is 29.8 Å². The smallest absolute Gasteiger partial charge is 0.410 e. The number of carbonyl (C=O) groups is 3. The second-order valence-electron chi connectivity index (χ2n) is 10.4. The molecule has 2 rings (SSSR count). The molecule has 0 spiro atoms. The molecule has 1 aromatic rings. The molecule has 1 saturated heterocycles. The number of benzene rings is 1. The van der Waals surface area contributed by atoms with Gasteiger partial charge >= 0.3 is 6.09 Å². The third kappa shape index (κ3) is 13.2. The molecule has 0 aliphatic carbocycles. The summed E-state index contributed by atoms with van der Waals surface area (Å²) in [6, 6.07) is 6.58. The number of aliphatic hydroxyl groups is 2. The van der Waals surface area contributed by atoms with Crippen molar-refractivity contribution in [1.29, 1.82) is 0 Å². The first-order chi connectivity index (χ1) is 18.4. The van der Waals surface area contributed by atoms with Gasteiger partial charge in [0.1, 0.15) is 11.8 Å². The van der Waals surface area contributed by atoms with Crippen LogP contribution in [-0.2, 0) is 16.0 Å². The third-order valence-corrected chi connectivity index (χ3v) is 6.10. The van der Waals surface area contributed by atoms with E-state index in [1.165, 1.54) is 4.90 Å². The number of nitrogens with zero attached hydrogens (tertiary/aromatic N) is 2. The number of aliphatic hydroxyl groups excluding tert-OH is 1. The predicted molar refractivity (Wildman–Crippen MR) is 146 cm³/mol. The highest BCUT2D eigenvalue weighted by atomic mass is 16.6. The van der Waals surface area contributed by atoms with E-state index in [1.807, 2.05) is 32.3 Å². The Balaban J connectivity index is 1.80. The van der Waals surface area contributed by atoms with Gasteiger partial charge in [-0.2, -0.15) is 0 Å². The second kappa shape index (κ2) is 16.3. The molecular weight excluding hydrogens is 506 g/mol. The Morgan fingerprint density at radius 3 is 2.54 bits per heavy atom. The lowest BCUT2D eigenvalue weighted by Gasteiger charge is -2.21. The molecule has 1 aromatic carbocycles. The highest BCUT2D eigenvalue weighted by Gasteiger charge is 2.31. The van der Waals surface area contributed by atoms with Gasteiger partial charge in [0.2, 0.25) is 11.8 Å². The Labute approximate surface area is 230 Å². The van der Waals surface area contributed by atoms with Crippen molar-refractivity contribution in [1.82, 2.24) is 31.1 Å². The van der Waals surface area contributed by atoms with Gasteiger partial charge in [-0.05, 0) is 63.5 Å². The first-order valence-electron chi connectivity index (χ1n) is 13.3. The van der Waals surface area contributed by atoms with Gasteiger partial charge in [-0.3, -0.25) is 20.2 Å². The van der Waals surface area contributed by atoms with Crippen LogP contribution in [-0.4, -0.2) is 110 Å². The number of hydrogen-bond donors (Lipinski definition) is 7. The highest BCUT2D eigenvalue weighted by molar-refractivity contribution is 5.87. The molecule has 39 heavy (non-hydrogen) atoms. The fourth-order valence-electron chi connectivity index (χ4n) is 4.16. The van der Waals surface area contributed by atoms with Crippen molar-refractivity contribution < 1.29 is 29.3 Å². The van der Waals surface area contributed by atoms with Crippen LogP contribution in [0.25, 0.3) is 0 Å². The maximum Gasteiger partial charge on any atom is 0.415 e. The second-order valence-corrected chi connectivity index (χ2v) is 10.4. The van der Waals surface area contributed by atoms with Crippen LogP contribution in [0, 0.1) is 5.92 Å². The zero-order valence-electron chi connectivity index (χ0n) is 23.4. The zero-order valence-corrected chi connectivity index (χ0v) is 23.4. The molecular formula is C26H45N7O6. The summed E-state index contributed by atoms with van der Waals surface area (Å²) in [5.41, 5.74) is 6.75. The molecule has 1 aliphatic heterocycles. The number of nitrogens with one attached hydrogen (secondary N) is 4. The largest absolute Gasteiger partial charge is 0.415 e. The van der Waals surface area contributed by atoms with Crippen LogP contribution in [0.2, 0.25) is 0 Å². The Bertz CT molecular complexity index is 932. The Morgan fingerprint density at radius 1 is 1.18 bits per heavy atom. The number of ether oxygens (including phenoxy) is 1. The van der Waals surface area contributed by atoms with Crippen LogP contribution in [0.15, 0.2) is 24.3 Å². The number of amides is 3. The molecule has 2 unspecified atom stereocenters. The van der Waals surface area contributed by atoms with Crippen LogP contribution >= 0.6 is 0 Å². The van der Waals surface area contributed by atoms with E-state index in [4.69, 9.17) is 20.7 Å². The molecule has 13 heteroatoms.